The molecule has 0 unspecified atom stereocenters. The lowest BCUT2D eigenvalue weighted by Crippen LogP contribution is -2.28. The van der Waals surface area contributed by atoms with Crippen molar-refractivity contribution in [3.05, 3.63) is 49.6 Å². The Morgan fingerprint density at radius 2 is 2.20 bits per heavy atom. The maximum absolute atomic E-state index is 12.0. The van der Waals surface area contributed by atoms with Crippen molar-refractivity contribution >= 4 is 29.1 Å². The van der Waals surface area contributed by atoms with E-state index in [4.69, 9.17) is 23.2 Å². The van der Waals surface area contributed by atoms with E-state index >= 15 is 0 Å². The Morgan fingerprint density at radius 1 is 1.40 bits per heavy atom. The van der Waals surface area contributed by atoms with Crippen LogP contribution in [0.25, 0.3) is 0 Å². The number of hydrogen-bond donors (Lipinski definition) is 3. The molecule has 1 atom stereocenters. The first-order chi connectivity index (χ1) is 9.56. The summed E-state index contributed by atoms with van der Waals surface area (Å²) in [5.41, 5.74) is 1.39. The quantitative estimate of drug-likeness (QED) is 0.790. The number of fused-ring (bicyclic) bond motifs is 1. The van der Waals surface area contributed by atoms with E-state index in [-0.39, 0.29) is 11.9 Å². The van der Waals surface area contributed by atoms with Crippen LogP contribution in [0.2, 0.25) is 10.0 Å². The SMILES string of the molecule is O=C(N[C@@H]1CCc2c1ccc(Cl)c2Cl)c1n[nH]c(=O)[nH]1. The lowest BCUT2D eigenvalue weighted by Gasteiger charge is -2.13. The number of H-pyrrole nitrogens is 2. The molecule has 1 aliphatic rings. The molecule has 104 valence electrons. The first kappa shape index (κ1) is 13.2. The average molecular weight is 313 g/mol. The number of halogens is 2. The fourth-order valence-electron chi connectivity index (χ4n) is 2.39. The van der Waals surface area contributed by atoms with Gasteiger partial charge in [-0.05, 0) is 30.0 Å². The summed E-state index contributed by atoms with van der Waals surface area (Å²) in [6.07, 6.45) is 1.48. The van der Waals surface area contributed by atoms with Crippen molar-refractivity contribution in [2.45, 2.75) is 18.9 Å². The zero-order valence-corrected chi connectivity index (χ0v) is 11.7. The molecule has 0 radical (unpaired) electrons. The van der Waals surface area contributed by atoms with Crippen LogP contribution in [-0.4, -0.2) is 21.1 Å². The second-order valence-electron chi connectivity index (χ2n) is 4.52. The third-order valence-corrected chi connectivity index (χ3v) is 4.16. The minimum Gasteiger partial charge on any atom is -0.342 e. The second kappa shape index (κ2) is 4.96. The molecule has 1 heterocycles. The number of carbonyl (C=O) groups is 1. The van der Waals surface area contributed by atoms with E-state index in [1.807, 2.05) is 6.07 Å². The van der Waals surface area contributed by atoms with Gasteiger partial charge in [-0.1, -0.05) is 29.3 Å². The van der Waals surface area contributed by atoms with Crippen LogP contribution in [0, 0.1) is 0 Å². The van der Waals surface area contributed by atoms with Gasteiger partial charge in [-0.2, -0.15) is 0 Å². The molecule has 6 nitrogen and oxygen atoms in total. The fourth-order valence-corrected chi connectivity index (χ4v) is 2.83. The Kier molecular flexibility index (Phi) is 3.27. The Morgan fingerprint density at radius 3 is 2.90 bits per heavy atom. The van der Waals surface area contributed by atoms with E-state index in [9.17, 15) is 9.59 Å². The maximum atomic E-state index is 12.0. The molecule has 1 amide bonds. The van der Waals surface area contributed by atoms with Gasteiger partial charge in [0.25, 0.3) is 5.91 Å². The zero-order valence-electron chi connectivity index (χ0n) is 10.2. The molecule has 1 aliphatic carbocycles. The van der Waals surface area contributed by atoms with E-state index in [2.05, 4.69) is 20.5 Å². The van der Waals surface area contributed by atoms with Gasteiger partial charge in [-0.25, -0.2) is 9.89 Å². The summed E-state index contributed by atoms with van der Waals surface area (Å²) in [7, 11) is 0. The lowest BCUT2D eigenvalue weighted by atomic mass is 10.1. The second-order valence-corrected chi connectivity index (χ2v) is 5.31. The Bertz CT molecular complexity index is 737. The first-order valence-electron chi connectivity index (χ1n) is 5.98. The van der Waals surface area contributed by atoms with Gasteiger partial charge in [0, 0.05) is 0 Å². The highest BCUT2D eigenvalue weighted by Gasteiger charge is 2.27. The number of amides is 1. The molecule has 1 aromatic carbocycles. The molecule has 3 rings (SSSR count). The summed E-state index contributed by atoms with van der Waals surface area (Å²) in [5, 5.41) is 9.61. The van der Waals surface area contributed by atoms with Crippen molar-refractivity contribution in [3.63, 3.8) is 0 Å². The van der Waals surface area contributed by atoms with E-state index in [0.717, 1.165) is 24.0 Å². The van der Waals surface area contributed by atoms with Gasteiger partial charge in [0.2, 0.25) is 5.82 Å². The highest BCUT2D eigenvalue weighted by Crippen LogP contribution is 2.39. The zero-order chi connectivity index (χ0) is 14.3. The van der Waals surface area contributed by atoms with Crippen molar-refractivity contribution in [1.82, 2.24) is 20.5 Å². The molecule has 0 fully saturated rings. The molecule has 20 heavy (non-hydrogen) atoms. The van der Waals surface area contributed by atoms with E-state index in [0.29, 0.717) is 10.0 Å². The molecule has 0 spiro atoms. The predicted octanol–water partition coefficient (Wildman–Crippen LogP) is 1.82. The third-order valence-electron chi connectivity index (χ3n) is 3.31. The molecular formula is C12H10Cl2N4O2. The third kappa shape index (κ3) is 2.21. The van der Waals surface area contributed by atoms with Gasteiger partial charge in [-0.3, -0.25) is 9.78 Å². The molecule has 3 N–H and O–H groups in total. The number of aromatic amines is 2. The average Bonchev–Trinajstić information content (AvgIpc) is 3.01. The molecule has 8 heteroatoms. The van der Waals surface area contributed by atoms with E-state index < -0.39 is 11.6 Å². The number of rotatable bonds is 2. The van der Waals surface area contributed by atoms with Crippen molar-refractivity contribution in [3.8, 4) is 0 Å². The Hall–Kier alpha value is -1.79. The van der Waals surface area contributed by atoms with E-state index in [1.165, 1.54) is 0 Å². The number of hydrogen-bond acceptors (Lipinski definition) is 3. The van der Waals surface area contributed by atoms with Gasteiger partial charge >= 0.3 is 5.69 Å². The van der Waals surface area contributed by atoms with Gasteiger partial charge in [0.15, 0.2) is 0 Å². The molecular weight excluding hydrogens is 303 g/mol. The highest BCUT2D eigenvalue weighted by atomic mass is 35.5. The van der Waals surface area contributed by atoms with Gasteiger partial charge in [0.05, 0.1) is 16.1 Å². The Labute approximate surface area is 123 Å². The van der Waals surface area contributed by atoms with E-state index in [1.54, 1.807) is 6.07 Å². The van der Waals surface area contributed by atoms with Crippen molar-refractivity contribution in [1.29, 1.82) is 0 Å². The summed E-state index contributed by atoms with van der Waals surface area (Å²) >= 11 is 12.1. The topological polar surface area (TPSA) is 90.6 Å². The highest BCUT2D eigenvalue weighted by molar-refractivity contribution is 6.42. The van der Waals surface area contributed by atoms with Crippen LogP contribution in [0.1, 0.15) is 34.2 Å². The monoisotopic (exact) mass is 312 g/mol. The molecule has 2 aromatic rings. The summed E-state index contributed by atoms with van der Waals surface area (Å²) in [6, 6.07) is 3.41. The number of aromatic nitrogens is 3. The largest absolute Gasteiger partial charge is 0.342 e. The van der Waals surface area contributed by atoms with Crippen LogP contribution >= 0.6 is 23.2 Å². The van der Waals surface area contributed by atoms with Crippen LogP contribution in [0.5, 0.6) is 0 Å². The predicted molar refractivity (Wildman–Crippen MR) is 74.2 cm³/mol. The van der Waals surface area contributed by atoms with Crippen LogP contribution in [-0.2, 0) is 6.42 Å². The number of nitrogens with zero attached hydrogens (tertiary/aromatic N) is 1. The Balaban J connectivity index is 1.84. The normalized spacial score (nSPS) is 17.0. The first-order valence-corrected chi connectivity index (χ1v) is 6.74. The van der Waals surface area contributed by atoms with Gasteiger partial charge in [0.1, 0.15) is 0 Å². The smallest absolute Gasteiger partial charge is 0.341 e. The van der Waals surface area contributed by atoms with Crippen LogP contribution in [0.15, 0.2) is 16.9 Å². The van der Waals surface area contributed by atoms with Crippen molar-refractivity contribution in [2.75, 3.05) is 0 Å². The molecule has 0 bridgehead atoms. The minimum absolute atomic E-state index is 0.0384. The van der Waals surface area contributed by atoms with Crippen LogP contribution < -0.4 is 11.0 Å². The van der Waals surface area contributed by atoms with Crippen molar-refractivity contribution in [2.24, 2.45) is 0 Å². The molecule has 0 saturated heterocycles. The van der Waals surface area contributed by atoms with Crippen molar-refractivity contribution < 1.29 is 4.79 Å². The summed E-state index contributed by atoms with van der Waals surface area (Å²) in [6.45, 7) is 0. The van der Waals surface area contributed by atoms with Gasteiger partial charge in [-0.15, -0.1) is 5.10 Å². The van der Waals surface area contributed by atoms with Crippen LogP contribution in [0.3, 0.4) is 0 Å². The van der Waals surface area contributed by atoms with Gasteiger partial charge < -0.3 is 5.32 Å². The minimum atomic E-state index is -0.517. The number of carbonyl (C=O) groups excluding carboxylic acids is 1. The molecule has 1 aromatic heterocycles. The molecule has 0 saturated carbocycles. The number of benzene rings is 1. The standard InChI is InChI=1S/C12H10Cl2N4O2/c13-7-3-1-5-6(9(7)14)2-4-8(5)15-11(19)10-16-12(20)18-17-10/h1,3,8H,2,4H2,(H,15,19)(H2,16,17,18,20)/t8-/m1/s1. The molecule has 0 aliphatic heterocycles. The summed E-state index contributed by atoms with van der Waals surface area (Å²) < 4.78 is 0. The maximum Gasteiger partial charge on any atom is 0.341 e. The summed E-state index contributed by atoms with van der Waals surface area (Å²) in [4.78, 5) is 25.2. The summed E-state index contributed by atoms with van der Waals surface area (Å²) in [5.74, 6) is -0.476. The number of nitrogens with one attached hydrogen (secondary N) is 3. The van der Waals surface area contributed by atoms with Crippen LogP contribution in [0.4, 0.5) is 0 Å². The fraction of sp³-hybridized carbons (Fsp3) is 0.250. The lowest BCUT2D eigenvalue weighted by molar-refractivity contribution is 0.0926.